The van der Waals surface area contributed by atoms with E-state index in [-0.39, 0.29) is 6.54 Å². The number of hydrogen-bond acceptors (Lipinski definition) is 4. The molecule has 4 nitrogen and oxygen atoms in total. The SMILES string of the molecule is O=C(CN1CCN(C2CCSC2)CC1)NCC(F)(F)F. The lowest BCUT2D eigenvalue weighted by atomic mass is 10.2. The van der Waals surface area contributed by atoms with Crippen molar-refractivity contribution in [2.24, 2.45) is 0 Å². The zero-order valence-corrected chi connectivity index (χ0v) is 12.1. The van der Waals surface area contributed by atoms with Crippen LogP contribution in [0.1, 0.15) is 6.42 Å². The first kappa shape index (κ1) is 15.9. The molecule has 1 N–H and O–H groups in total. The van der Waals surface area contributed by atoms with E-state index in [1.165, 1.54) is 17.9 Å². The molecule has 1 atom stereocenters. The summed E-state index contributed by atoms with van der Waals surface area (Å²) < 4.78 is 35.9. The van der Waals surface area contributed by atoms with Crippen LogP contribution in [0.25, 0.3) is 0 Å². The molecular formula is C12H20F3N3OS. The van der Waals surface area contributed by atoms with Gasteiger partial charge in [-0.2, -0.15) is 24.9 Å². The van der Waals surface area contributed by atoms with Crippen molar-refractivity contribution in [3.63, 3.8) is 0 Å². The van der Waals surface area contributed by atoms with Gasteiger partial charge in [-0.3, -0.25) is 14.6 Å². The summed E-state index contributed by atoms with van der Waals surface area (Å²) in [6.07, 6.45) is -3.12. The number of carbonyl (C=O) groups excluding carboxylic acids is 1. The molecule has 0 bridgehead atoms. The maximum Gasteiger partial charge on any atom is 0.405 e. The maximum atomic E-state index is 12.0. The molecule has 8 heteroatoms. The highest BCUT2D eigenvalue weighted by molar-refractivity contribution is 7.99. The van der Waals surface area contributed by atoms with Crippen LogP contribution < -0.4 is 5.32 Å². The maximum absolute atomic E-state index is 12.0. The van der Waals surface area contributed by atoms with Crippen LogP contribution in [0.3, 0.4) is 0 Å². The number of halogens is 3. The molecular weight excluding hydrogens is 291 g/mol. The van der Waals surface area contributed by atoms with Gasteiger partial charge in [0, 0.05) is 38.0 Å². The molecule has 20 heavy (non-hydrogen) atoms. The fourth-order valence-corrected chi connectivity index (χ4v) is 3.81. The van der Waals surface area contributed by atoms with Gasteiger partial charge >= 0.3 is 6.18 Å². The Labute approximate surface area is 121 Å². The molecule has 0 aromatic carbocycles. The van der Waals surface area contributed by atoms with Gasteiger partial charge in [0.1, 0.15) is 6.54 Å². The number of carbonyl (C=O) groups is 1. The minimum absolute atomic E-state index is 0.0589. The summed E-state index contributed by atoms with van der Waals surface area (Å²) in [5, 5.41) is 1.91. The first-order chi connectivity index (χ1) is 9.44. The molecule has 1 amide bonds. The van der Waals surface area contributed by atoms with Crippen LogP contribution in [-0.4, -0.2) is 78.7 Å². The van der Waals surface area contributed by atoms with Gasteiger partial charge in [0.05, 0.1) is 6.54 Å². The van der Waals surface area contributed by atoms with E-state index in [1.807, 2.05) is 22.0 Å². The Balaban J connectivity index is 1.65. The van der Waals surface area contributed by atoms with Crippen LogP contribution in [0.4, 0.5) is 13.2 Å². The van der Waals surface area contributed by atoms with Gasteiger partial charge in [0.25, 0.3) is 0 Å². The third kappa shape index (κ3) is 5.14. The Morgan fingerprint density at radius 2 is 1.95 bits per heavy atom. The number of nitrogens with one attached hydrogen (secondary N) is 1. The van der Waals surface area contributed by atoms with E-state index in [4.69, 9.17) is 0 Å². The summed E-state index contributed by atoms with van der Waals surface area (Å²) in [5.74, 6) is 1.84. The Bertz CT molecular complexity index is 326. The van der Waals surface area contributed by atoms with Crippen LogP contribution in [0, 0.1) is 0 Å². The molecule has 0 aromatic heterocycles. The topological polar surface area (TPSA) is 35.6 Å². The number of piperazine rings is 1. The van der Waals surface area contributed by atoms with Crippen LogP contribution in [0.5, 0.6) is 0 Å². The van der Waals surface area contributed by atoms with Crippen molar-refractivity contribution < 1.29 is 18.0 Å². The number of amides is 1. The fourth-order valence-electron chi connectivity index (χ4n) is 2.55. The van der Waals surface area contributed by atoms with E-state index >= 15 is 0 Å². The van der Waals surface area contributed by atoms with Crippen molar-refractivity contribution in [1.29, 1.82) is 0 Å². The van der Waals surface area contributed by atoms with E-state index in [0.29, 0.717) is 6.04 Å². The minimum atomic E-state index is -4.34. The number of alkyl halides is 3. The molecule has 2 aliphatic rings. The first-order valence-electron chi connectivity index (χ1n) is 6.81. The number of thioether (sulfide) groups is 1. The van der Waals surface area contributed by atoms with Gasteiger partial charge in [0.2, 0.25) is 5.91 Å². The van der Waals surface area contributed by atoms with Crippen molar-refractivity contribution in [3.8, 4) is 0 Å². The number of rotatable bonds is 4. The van der Waals surface area contributed by atoms with E-state index in [0.717, 1.165) is 26.2 Å². The van der Waals surface area contributed by atoms with Crippen LogP contribution >= 0.6 is 11.8 Å². The minimum Gasteiger partial charge on any atom is -0.346 e. The Kier molecular flexibility index (Phi) is 5.57. The summed E-state index contributed by atoms with van der Waals surface area (Å²) in [4.78, 5) is 15.8. The molecule has 0 saturated carbocycles. The largest absolute Gasteiger partial charge is 0.405 e. The summed E-state index contributed by atoms with van der Waals surface area (Å²) in [6.45, 7) is 2.12. The lowest BCUT2D eigenvalue weighted by molar-refractivity contribution is -0.139. The van der Waals surface area contributed by atoms with Gasteiger partial charge in [-0.15, -0.1) is 0 Å². The average Bonchev–Trinajstić information content (AvgIpc) is 2.90. The molecule has 0 spiro atoms. The normalized spacial score (nSPS) is 25.9. The van der Waals surface area contributed by atoms with Gasteiger partial charge in [-0.05, 0) is 12.2 Å². The second kappa shape index (κ2) is 7.00. The molecule has 2 aliphatic heterocycles. The molecule has 0 radical (unpaired) electrons. The average molecular weight is 311 g/mol. The van der Waals surface area contributed by atoms with Gasteiger partial charge in [-0.1, -0.05) is 0 Å². The molecule has 1 unspecified atom stereocenters. The summed E-state index contributed by atoms with van der Waals surface area (Å²) in [7, 11) is 0. The fraction of sp³-hybridized carbons (Fsp3) is 0.917. The molecule has 2 fully saturated rings. The predicted octanol–water partition coefficient (Wildman–Crippen LogP) is 0.788. The predicted molar refractivity (Wildman–Crippen MR) is 72.8 cm³/mol. The van der Waals surface area contributed by atoms with Crippen molar-refractivity contribution in [2.75, 3.05) is 50.8 Å². The van der Waals surface area contributed by atoms with Crippen molar-refractivity contribution in [2.45, 2.75) is 18.6 Å². The van der Waals surface area contributed by atoms with E-state index in [9.17, 15) is 18.0 Å². The van der Waals surface area contributed by atoms with Crippen LogP contribution in [0.15, 0.2) is 0 Å². The van der Waals surface area contributed by atoms with Crippen LogP contribution in [0.2, 0.25) is 0 Å². The Morgan fingerprint density at radius 1 is 1.25 bits per heavy atom. The third-order valence-corrected chi connectivity index (χ3v) is 4.83. The standard InChI is InChI=1S/C12H20F3N3OS/c13-12(14,15)9-16-11(19)7-17-2-4-18(5-3-17)10-1-6-20-8-10/h10H,1-9H2,(H,16,19). The smallest absolute Gasteiger partial charge is 0.346 e. The lowest BCUT2D eigenvalue weighted by Crippen LogP contribution is -2.52. The monoisotopic (exact) mass is 311 g/mol. The van der Waals surface area contributed by atoms with Crippen molar-refractivity contribution in [3.05, 3.63) is 0 Å². The summed E-state index contributed by atoms with van der Waals surface area (Å²) in [5.41, 5.74) is 0. The van der Waals surface area contributed by atoms with E-state index < -0.39 is 18.6 Å². The van der Waals surface area contributed by atoms with Gasteiger partial charge in [0.15, 0.2) is 0 Å². The Hall–Kier alpha value is -0.470. The molecule has 0 aromatic rings. The highest BCUT2D eigenvalue weighted by Crippen LogP contribution is 2.23. The van der Waals surface area contributed by atoms with E-state index in [1.54, 1.807) is 0 Å². The molecule has 116 valence electrons. The molecule has 0 aliphatic carbocycles. The quantitative estimate of drug-likeness (QED) is 0.833. The Morgan fingerprint density at radius 3 is 2.50 bits per heavy atom. The van der Waals surface area contributed by atoms with Crippen molar-refractivity contribution in [1.82, 2.24) is 15.1 Å². The number of nitrogens with zero attached hydrogens (tertiary/aromatic N) is 2. The lowest BCUT2D eigenvalue weighted by Gasteiger charge is -2.37. The second-order valence-corrected chi connectivity index (χ2v) is 6.37. The van der Waals surface area contributed by atoms with Gasteiger partial charge < -0.3 is 5.32 Å². The highest BCUT2D eigenvalue weighted by atomic mass is 32.2. The first-order valence-corrected chi connectivity index (χ1v) is 7.97. The second-order valence-electron chi connectivity index (χ2n) is 5.22. The number of hydrogen-bond donors (Lipinski definition) is 1. The van der Waals surface area contributed by atoms with Crippen LogP contribution in [-0.2, 0) is 4.79 Å². The zero-order chi connectivity index (χ0) is 14.6. The molecule has 2 saturated heterocycles. The van der Waals surface area contributed by atoms with Crippen molar-refractivity contribution >= 4 is 17.7 Å². The summed E-state index contributed by atoms with van der Waals surface area (Å²) in [6, 6.07) is 0.640. The summed E-state index contributed by atoms with van der Waals surface area (Å²) >= 11 is 1.97. The molecule has 2 heterocycles. The third-order valence-electron chi connectivity index (χ3n) is 3.68. The molecule has 2 rings (SSSR count). The van der Waals surface area contributed by atoms with Gasteiger partial charge in [-0.25, -0.2) is 0 Å². The highest BCUT2D eigenvalue weighted by Gasteiger charge is 2.29. The van der Waals surface area contributed by atoms with E-state index in [2.05, 4.69) is 4.90 Å². The zero-order valence-electron chi connectivity index (χ0n) is 11.3.